The van der Waals surface area contributed by atoms with Crippen LogP contribution in [0, 0.1) is 18.1 Å². The van der Waals surface area contributed by atoms with Crippen LogP contribution < -0.4 is 5.19 Å². The summed E-state index contributed by atoms with van der Waals surface area (Å²) in [6.07, 6.45) is 13.7. The predicted molar refractivity (Wildman–Crippen MR) is 208 cm³/mol. The van der Waals surface area contributed by atoms with Crippen LogP contribution in [0.5, 0.6) is 0 Å². The number of fused-ring (bicyclic) bond motifs is 3. The Labute approximate surface area is 313 Å². The molecule has 7 rings (SSSR count). The minimum atomic E-state index is -1.38. The van der Waals surface area contributed by atoms with Gasteiger partial charge in [0.15, 0.2) is 0 Å². The van der Waals surface area contributed by atoms with Crippen LogP contribution >= 0.6 is 0 Å². The van der Waals surface area contributed by atoms with Crippen LogP contribution in [-0.2, 0) is 31.9 Å². The van der Waals surface area contributed by atoms with Gasteiger partial charge < -0.3 is 14.4 Å². The molecule has 0 spiro atoms. The molecule has 1 aliphatic carbocycles. The molecular formula is C44H51IrN3OSi-2. The monoisotopic (exact) mass is 858 g/mol. The third-order valence-corrected chi connectivity index (χ3v) is 11.8. The molecule has 1 aliphatic rings. The van der Waals surface area contributed by atoms with Crippen molar-refractivity contribution in [3.05, 3.63) is 108 Å². The number of hydrogen-bond donors (Lipinski definition) is 0. The van der Waals surface area contributed by atoms with Gasteiger partial charge in [-0.15, -0.1) is 53.6 Å². The number of nitrogens with zero attached hydrogens (tertiary/aromatic N) is 3. The van der Waals surface area contributed by atoms with Crippen LogP contribution in [0.1, 0.15) is 89.3 Å². The first-order valence-corrected chi connectivity index (χ1v) is 21.5. The van der Waals surface area contributed by atoms with Gasteiger partial charge >= 0.3 is 0 Å². The van der Waals surface area contributed by atoms with Crippen molar-refractivity contribution in [1.29, 1.82) is 0 Å². The Morgan fingerprint density at radius 3 is 2.32 bits per heavy atom. The van der Waals surface area contributed by atoms with Crippen LogP contribution in [0.15, 0.2) is 83.7 Å². The molecule has 0 aliphatic heterocycles. The normalized spacial score (nSPS) is 14.0. The van der Waals surface area contributed by atoms with E-state index in [1.165, 1.54) is 59.5 Å². The summed E-state index contributed by atoms with van der Waals surface area (Å²) in [6.45, 7) is 18.5. The minimum absolute atomic E-state index is 0. The Kier molecular flexibility index (Phi) is 12.0. The Morgan fingerprint density at radius 1 is 0.840 bits per heavy atom. The Morgan fingerprint density at radius 2 is 1.60 bits per heavy atom. The van der Waals surface area contributed by atoms with Crippen molar-refractivity contribution in [1.82, 2.24) is 15.0 Å². The van der Waals surface area contributed by atoms with Crippen LogP contribution in [0.25, 0.3) is 44.6 Å². The number of aromatic nitrogens is 3. The van der Waals surface area contributed by atoms with E-state index in [0.717, 1.165) is 45.6 Å². The van der Waals surface area contributed by atoms with Crippen molar-refractivity contribution in [2.45, 2.75) is 104 Å². The van der Waals surface area contributed by atoms with E-state index < -0.39 is 8.07 Å². The molecule has 4 aromatic heterocycles. The van der Waals surface area contributed by atoms with Gasteiger partial charge in [-0.1, -0.05) is 102 Å². The van der Waals surface area contributed by atoms with E-state index >= 15 is 0 Å². The average Bonchev–Trinajstić information content (AvgIpc) is 3.47. The summed E-state index contributed by atoms with van der Waals surface area (Å²) in [4.78, 5) is 13.7. The molecule has 4 heterocycles. The van der Waals surface area contributed by atoms with E-state index in [2.05, 4.69) is 119 Å². The maximum atomic E-state index is 5.98. The largest absolute Gasteiger partial charge is 0.486 e. The molecule has 50 heavy (non-hydrogen) atoms. The summed E-state index contributed by atoms with van der Waals surface area (Å²) in [5.41, 5.74) is 9.76. The summed E-state index contributed by atoms with van der Waals surface area (Å²) in [6, 6.07) is 27.9. The first-order valence-electron chi connectivity index (χ1n) is 18.0. The van der Waals surface area contributed by atoms with Gasteiger partial charge in [0.2, 0.25) is 5.71 Å². The second-order valence-corrected chi connectivity index (χ2v) is 21.2. The quantitative estimate of drug-likeness (QED) is 0.124. The zero-order chi connectivity index (χ0) is 34.8. The number of rotatable bonds is 6. The molecule has 2 aromatic carbocycles. The van der Waals surface area contributed by atoms with Gasteiger partial charge in [0, 0.05) is 44.1 Å². The van der Waals surface area contributed by atoms with E-state index in [4.69, 9.17) is 9.40 Å². The topological polar surface area (TPSA) is 51.8 Å². The Hall–Kier alpha value is -3.44. The number of furan rings is 1. The second-order valence-electron chi connectivity index (χ2n) is 16.2. The zero-order valence-corrected chi connectivity index (χ0v) is 34.4. The molecule has 0 N–H and O–H groups in total. The van der Waals surface area contributed by atoms with E-state index in [9.17, 15) is 0 Å². The fraction of sp³-hybridized carbons (Fsp3) is 0.386. The van der Waals surface area contributed by atoms with Gasteiger partial charge in [0.25, 0.3) is 0 Å². The zero-order valence-electron chi connectivity index (χ0n) is 31.0. The predicted octanol–water partition coefficient (Wildman–Crippen LogP) is 11.5. The first-order chi connectivity index (χ1) is 23.4. The molecule has 0 bridgehead atoms. The molecule has 6 aromatic rings. The average molecular weight is 858 g/mol. The van der Waals surface area contributed by atoms with Crippen molar-refractivity contribution in [2.75, 3.05) is 0 Å². The molecule has 0 saturated heterocycles. The van der Waals surface area contributed by atoms with Crippen molar-refractivity contribution < 1.29 is 24.5 Å². The summed E-state index contributed by atoms with van der Waals surface area (Å²) in [5, 5.41) is 3.58. The summed E-state index contributed by atoms with van der Waals surface area (Å²) in [5.74, 6) is 1.39. The van der Waals surface area contributed by atoms with Crippen molar-refractivity contribution in [3.8, 4) is 22.5 Å². The molecule has 6 heteroatoms. The molecule has 263 valence electrons. The summed E-state index contributed by atoms with van der Waals surface area (Å²) >= 11 is 0. The number of pyridine rings is 3. The van der Waals surface area contributed by atoms with E-state index in [0.29, 0.717) is 11.6 Å². The van der Waals surface area contributed by atoms with E-state index in [1.807, 2.05) is 30.5 Å². The molecule has 1 saturated carbocycles. The minimum Gasteiger partial charge on any atom is -0.486 e. The maximum Gasteiger partial charge on any atom is 0.216 e. The molecule has 0 unspecified atom stereocenters. The van der Waals surface area contributed by atoms with Gasteiger partial charge in [-0.25, -0.2) is 4.98 Å². The van der Waals surface area contributed by atoms with Gasteiger partial charge in [0.1, 0.15) is 0 Å². The van der Waals surface area contributed by atoms with Gasteiger partial charge in [0.05, 0.1) is 13.7 Å². The fourth-order valence-electron chi connectivity index (χ4n) is 7.05. The smallest absolute Gasteiger partial charge is 0.216 e. The maximum absolute atomic E-state index is 5.98. The molecule has 4 nitrogen and oxygen atoms in total. The van der Waals surface area contributed by atoms with Gasteiger partial charge in [-0.3, -0.25) is 0 Å². The second kappa shape index (κ2) is 15.8. The van der Waals surface area contributed by atoms with Crippen LogP contribution in [0.4, 0.5) is 0 Å². The van der Waals surface area contributed by atoms with Crippen molar-refractivity contribution in [2.24, 2.45) is 5.92 Å². The third-order valence-electron chi connectivity index (χ3n) is 9.70. The Bertz CT molecular complexity index is 2050. The standard InChI is InChI=1S/C24H34NSi.C20H17N2O.Ir/c1-18(2)14-22-16-23(25-17-24(22)26(3,4)5)21-13-9-12-20(15-21)19-10-7-6-8-11-19;1-20(2,3)13-9-11-21-17(12-13)16-7-4-6-14-15-8-5-10-22-19(15)23-18(14)16;/h9,12,15-19H,6-8,10-11,14H2,1-5H3;4-6,8-12H,1-3H3;/q2*-1;. The van der Waals surface area contributed by atoms with E-state index in [1.54, 1.807) is 6.20 Å². The molecule has 0 atom stereocenters. The number of hydrogen-bond acceptors (Lipinski definition) is 4. The molecule has 1 fully saturated rings. The molecular weight excluding hydrogens is 807 g/mol. The Balaban J connectivity index is 0.000000192. The fourth-order valence-corrected chi connectivity index (χ4v) is 8.64. The number of benzene rings is 2. The van der Waals surface area contributed by atoms with Gasteiger partial charge in [-0.05, 0) is 76.9 Å². The van der Waals surface area contributed by atoms with Crippen molar-refractivity contribution >= 4 is 35.3 Å². The van der Waals surface area contributed by atoms with Crippen LogP contribution in [-0.4, -0.2) is 23.0 Å². The summed E-state index contributed by atoms with van der Waals surface area (Å²) < 4.78 is 5.98. The van der Waals surface area contributed by atoms with Gasteiger partial charge in [-0.2, -0.15) is 0 Å². The SMILES string of the molecule is CC(C)(C)c1ccnc(-c2[c-]ccc3c2oc2ncccc23)c1.CC(C)Cc1cc(-c2[c-]ccc(C3CCCCC3)c2)ncc1[Si](C)(C)C.[Ir]. The van der Waals surface area contributed by atoms with Crippen LogP contribution in [0.3, 0.4) is 0 Å². The third kappa shape index (κ3) is 8.70. The van der Waals surface area contributed by atoms with Crippen LogP contribution in [0.2, 0.25) is 19.6 Å². The molecule has 1 radical (unpaired) electrons. The van der Waals surface area contributed by atoms with Crippen molar-refractivity contribution in [3.63, 3.8) is 0 Å². The van der Waals surface area contributed by atoms with E-state index in [-0.39, 0.29) is 25.5 Å². The first kappa shape index (κ1) is 37.8. The molecule has 0 amide bonds. The summed E-state index contributed by atoms with van der Waals surface area (Å²) in [7, 11) is -1.38.